The van der Waals surface area contributed by atoms with Crippen LogP contribution in [0.2, 0.25) is 0 Å². The highest BCUT2D eigenvalue weighted by atomic mass is 32.2. The van der Waals surface area contributed by atoms with E-state index >= 15 is 0 Å². The summed E-state index contributed by atoms with van der Waals surface area (Å²) in [4.78, 5) is 4.47. The molecule has 7 nitrogen and oxygen atoms in total. The van der Waals surface area contributed by atoms with Gasteiger partial charge in [0.15, 0.2) is 0 Å². The molecule has 1 saturated heterocycles. The Bertz CT molecular complexity index is 762. The van der Waals surface area contributed by atoms with E-state index in [-0.39, 0.29) is 5.92 Å². The van der Waals surface area contributed by atoms with Crippen LogP contribution in [0.1, 0.15) is 30.2 Å². The molecule has 1 aliphatic heterocycles. The average molecular weight is 336 g/mol. The maximum atomic E-state index is 11.5. The molecule has 2 aromatic rings. The van der Waals surface area contributed by atoms with Crippen LogP contribution in [0.25, 0.3) is 11.4 Å². The molecule has 0 radical (unpaired) electrons. The van der Waals surface area contributed by atoms with Crippen LogP contribution in [-0.2, 0) is 16.6 Å². The summed E-state index contributed by atoms with van der Waals surface area (Å²) in [6, 6.07) is 7.72. The van der Waals surface area contributed by atoms with E-state index < -0.39 is 10.0 Å². The number of nitrogens with two attached hydrogens (primary N) is 1. The minimum atomic E-state index is -3.12. The highest BCUT2D eigenvalue weighted by Crippen LogP contribution is 2.29. The molecular weight excluding hydrogens is 316 g/mol. The summed E-state index contributed by atoms with van der Waals surface area (Å²) in [6.45, 7) is 1.48. The van der Waals surface area contributed by atoms with Crippen LogP contribution in [0.3, 0.4) is 0 Å². The third-order valence-electron chi connectivity index (χ3n) is 4.16. The van der Waals surface area contributed by atoms with E-state index in [9.17, 15) is 8.42 Å². The van der Waals surface area contributed by atoms with E-state index in [1.54, 1.807) is 0 Å². The lowest BCUT2D eigenvalue weighted by Gasteiger charge is -2.28. The van der Waals surface area contributed by atoms with Gasteiger partial charge in [-0.2, -0.15) is 4.98 Å². The zero-order chi connectivity index (χ0) is 16.4. The van der Waals surface area contributed by atoms with Crippen molar-refractivity contribution in [3.05, 3.63) is 35.7 Å². The Labute approximate surface area is 135 Å². The fraction of sp³-hybridized carbons (Fsp3) is 0.467. The summed E-state index contributed by atoms with van der Waals surface area (Å²) in [5, 5.41) is 4.04. The Morgan fingerprint density at radius 3 is 2.48 bits per heavy atom. The summed E-state index contributed by atoms with van der Waals surface area (Å²) < 4.78 is 29.9. The minimum Gasteiger partial charge on any atom is -0.339 e. The van der Waals surface area contributed by atoms with E-state index in [1.807, 2.05) is 24.3 Å². The van der Waals surface area contributed by atoms with E-state index in [0.717, 1.165) is 11.1 Å². The van der Waals surface area contributed by atoms with Gasteiger partial charge in [0.25, 0.3) is 0 Å². The number of piperidine rings is 1. The van der Waals surface area contributed by atoms with Crippen LogP contribution < -0.4 is 5.73 Å². The lowest BCUT2D eigenvalue weighted by Crippen LogP contribution is -2.37. The number of rotatable bonds is 4. The lowest BCUT2D eigenvalue weighted by atomic mass is 9.98. The molecule has 0 bridgehead atoms. The summed E-state index contributed by atoms with van der Waals surface area (Å²) in [5.74, 6) is 1.24. The second-order valence-corrected chi connectivity index (χ2v) is 7.78. The molecule has 1 aromatic carbocycles. The topological polar surface area (TPSA) is 102 Å². The van der Waals surface area contributed by atoms with Crippen molar-refractivity contribution < 1.29 is 12.9 Å². The second-order valence-electron chi connectivity index (χ2n) is 5.79. The standard InChI is InChI=1S/C15H20N4O3S/c1-23(20,21)19-8-6-13(7-9-19)15-17-14(18-22-15)12-4-2-11(10-16)3-5-12/h2-5,13H,6-10,16H2,1H3. The monoisotopic (exact) mass is 336 g/mol. The Balaban J connectivity index is 1.70. The van der Waals surface area contributed by atoms with E-state index in [2.05, 4.69) is 10.1 Å². The predicted molar refractivity (Wildman–Crippen MR) is 86.0 cm³/mol. The van der Waals surface area contributed by atoms with Crippen LogP contribution in [0.5, 0.6) is 0 Å². The molecule has 2 heterocycles. The van der Waals surface area contributed by atoms with Gasteiger partial charge in [0.05, 0.1) is 6.26 Å². The molecule has 8 heteroatoms. The van der Waals surface area contributed by atoms with Gasteiger partial charge in [0.1, 0.15) is 0 Å². The molecule has 0 unspecified atom stereocenters. The van der Waals surface area contributed by atoms with Crippen LogP contribution in [-0.4, -0.2) is 42.2 Å². The van der Waals surface area contributed by atoms with E-state index in [0.29, 0.717) is 44.2 Å². The zero-order valence-electron chi connectivity index (χ0n) is 13.0. The quantitative estimate of drug-likeness (QED) is 0.904. The first-order valence-electron chi connectivity index (χ1n) is 7.55. The fourth-order valence-corrected chi connectivity index (χ4v) is 3.62. The van der Waals surface area contributed by atoms with Crippen LogP contribution >= 0.6 is 0 Å². The smallest absolute Gasteiger partial charge is 0.230 e. The molecule has 1 fully saturated rings. The Kier molecular flexibility index (Phi) is 4.47. The van der Waals surface area contributed by atoms with Gasteiger partial charge in [-0.3, -0.25) is 0 Å². The Morgan fingerprint density at radius 1 is 1.26 bits per heavy atom. The van der Waals surface area contributed by atoms with Crippen molar-refractivity contribution in [2.45, 2.75) is 25.3 Å². The van der Waals surface area contributed by atoms with Gasteiger partial charge in [-0.05, 0) is 18.4 Å². The van der Waals surface area contributed by atoms with Gasteiger partial charge in [-0.1, -0.05) is 29.4 Å². The molecule has 23 heavy (non-hydrogen) atoms. The van der Waals surface area contributed by atoms with Crippen LogP contribution in [0.15, 0.2) is 28.8 Å². The van der Waals surface area contributed by atoms with Gasteiger partial charge in [0.2, 0.25) is 21.7 Å². The first-order chi connectivity index (χ1) is 11.0. The van der Waals surface area contributed by atoms with Gasteiger partial charge < -0.3 is 10.3 Å². The number of hydrogen-bond donors (Lipinski definition) is 1. The highest BCUT2D eigenvalue weighted by molar-refractivity contribution is 7.88. The maximum Gasteiger partial charge on any atom is 0.230 e. The minimum absolute atomic E-state index is 0.109. The van der Waals surface area contributed by atoms with Crippen LogP contribution in [0.4, 0.5) is 0 Å². The van der Waals surface area contributed by atoms with Crippen molar-refractivity contribution in [2.75, 3.05) is 19.3 Å². The molecule has 0 saturated carbocycles. The number of nitrogens with zero attached hydrogens (tertiary/aromatic N) is 3. The number of hydrogen-bond acceptors (Lipinski definition) is 6. The molecule has 0 amide bonds. The summed E-state index contributed by atoms with van der Waals surface area (Å²) in [5.41, 5.74) is 7.51. The van der Waals surface area contributed by atoms with Crippen molar-refractivity contribution in [3.8, 4) is 11.4 Å². The highest BCUT2D eigenvalue weighted by Gasteiger charge is 2.29. The SMILES string of the molecule is CS(=O)(=O)N1CCC(c2nc(-c3ccc(CN)cc3)no2)CC1. The summed E-state index contributed by atoms with van der Waals surface area (Å²) in [7, 11) is -3.12. The molecule has 3 rings (SSSR count). The van der Waals surface area contributed by atoms with E-state index in [4.69, 9.17) is 10.3 Å². The first kappa shape index (κ1) is 16.1. The largest absolute Gasteiger partial charge is 0.339 e. The third-order valence-corrected chi connectivity index (χ3v) is 5.46. The molecular formula is C15H20N4O3S. The van der Waals surface area contributed by atoms with Gasteiger partial charge in [-0.25, -0.2) is 12.7 Å². The van der Waals surface area contributed by atoms with Crippen molar-refractivity contribution in [3.63, 3.8) is 0 Å². The predicted octanol–water partition coefficient (Wildman–Crippen LogP) is 1.33. The van der Waals surface area contributed by atoms with Crippen molar-refractivity contribution in [2.24, 2.45) is 5.73 Å². The lowest BCUT2D eigenvalue weighted by molar-refractivity contribution is 0.271. The van der Waals surface area contributed by atoms with Gasteiger partial charge in [0, 0.05) is 31.1 Å². The Morgan fingerprint density at radius 2 is 1.91 bits per heavy atom. The third kappa shape index (κ3) is 3.60. The number of benzene rings is 1. The first-order valence-corrected chi connectivity index (χ1v) is 9.40. The number of sulfonamides is 1. The van der Waals surface area contributed by atoms with Crippen molar-refractivity contribution in [1.29, 1.82) is 0 Å². The molecule has 0 atom stereocenters. The normalized spacial score (nSPS) is 17.5. The van der Waals surface area contributed by atoms with Gasteiger partial charge in [-0.15, -0.1) is 0 Å². The van der Waals surface area contributed by atoms with Crippen molar-refractivity contribution in [1.82, 2.24) is 14.4 Å². The van der Waals surface area contributed by atoms with Gasteiger partial charge >= 0.3 is 0 Å². The molecule has 1 aromatic heterocycles. The fourth-order valence-electron chi connectivity index (χ4n) is 2.74. The molecule has 2 N–H and O–H groups in total. The molecule has 124 valence electrons. The van der Waals surface area contributed by atoms with E-state index in [1.165, 1.54) is 10.6 Å². The second kappa shape index (κ2) is 6.38. The molecule has 0 aliphatic carbocycles. The number of aromatic nitrogens is 2. The Hall–Kier alpha value is -1.77. The van der Waals surface area contributed by atoms with Crippen molar-refractivity contribution >= 4 is 10.0 Å². The van der Waals surface area contributed by atoms with Crippen LogP contribution in [0, 0.1) is 0 Å². The molecule has 0 spiro atoms. The average Bonchev–Trinajstić information content (AvgIpc) is 3.04. The maximum absolute atomic E-state index is 11.5. The zero-order valence-corrected chi connectivity index (χ0v) is 13.8. The summed E-state index contributed by atoms with van der Waals surface area (Å²) in [6.07, 6.45) is 2.63. The summed E-state index contributed by atoms with van der Waals surface area (Å²) >= 11 is 0. The molecule has 1 aliphatic rings.